The van der Waals surface area contributed by atoms with E-state index in [1.54, 1.807) is 6.33 Å². The Morgan fingerprint density at radius 2 is 1.90 bits per heavy atom. The smallest absolute Gasteiger partial charge is 0.170 e. The van der Waals surface area contributed by atoms with E-state index in [2.05, 4.69) is 15.0 Å². The monoisotopic (exact) mass is 279 g/mol. The summed E-state index contributed by atoms with van der Waals surface area (Å²) in [6, 6.07) is 7.50. The van der Waals surface area contributed by atoms with Crippen molar-refractivity contribution in [2.45, 2.75) is 12.8 Å². The number of nitrogen functional groups attached to an aromatic ring is 1. The minimum atomic E-state index is 0.234. The molecule has 104 valence electrons. The van der Waals surface area contributed by atoms with E-state index < -0.39 is 0 Å². The number of fused-ring (bicyclic) bond motifs is 1. The number of aromatic nitrogens is 4. The fourth-order valence-electron chi connectivity index (χ4n) is 2.41. The zero-order valence-electron chi connectivity index (χ0n) is 11.2. The van der Waals surface area contributed by atoms with Crippen molar-refractivity contribution in [3.05, 3.63) is 42.5 Å². The zero-order valence-corrected chi connectivity index (χ0v) is 11.2. The molecule has 6 nitrogen and oxygen atoms in total. The second kappa shape index (κ2) is 4.37. The average Bonchev–Trinajstić information content (AvgIpc) is 3.27. The maximum absolute atomic E-state index is 12.0. The summed E-state index contributed by atoms with van der Waals surface area (Å²) in [5.41, 5.74) is 8.67. The van der Waals surface area contributed by atoms with E-state index in [0.29, 0.717) is 17.0 Å². The van der Waals surface area contributed by atoms with Crippen molar-refractivity contribution < 1.29 is 4.79 Å². The Kier molecular flexibility index (Phi) is 2.50. The topological polar surface area (TPSA) is 86.7 Å². The van der Waals surface area contributed by atoms with Gasteiger partial charge in [-0.05, 0) is 37.1 Å². The van der Waals surface area contributed by atoms with Crippen LogP contribution in [0.1, 0.15) is 23.2 Å². The molecular formula is C15H13N5O. The summed E-state index contributed by atoms with van der Waals surface area (Å²) in [7, 11) is 0. The highest BCUT2D eigenvalue weighted by molar-refractivity contribution is 5.99. The minimum absolute atomic E-state index is 0.234. The molecule has 0 atom stereocenters. The normalized spacial score (nSPS) is 14.5. The van der Waals surface area contributed by atoms with Gasteiger partial charge in [-0.1, -0.05) is 0 Å². The van der Waals surface area contributed by atoms with Gasteiger partial charge in [0, 0.05) is 17.2 Å². The summed E-state index contributed by atoms with van der Waals surface area (Å²) in [6.07, 6.45) is 5.11. The van der Waals surface area contributed by atoms with Gasteiger partial charge in [-0.3, -0.25) is 9.36 Å². The number of carbonyl (C=O) groups excluding carboxylic acids is 1. The van der Waals surface area contributed by atoms with Gasteiger partial charge in [-0.15, -0.1) is 0 Å². The van der Waals surface area contributed by atoms with Crippen LogP contribution < -0.4 is 5.73 Å². The van der Waals surface area contributed by atoms with E-state index in [0.717, 1.165) is 24.1 Å². The number of ketones is 1. The maximum atomic E-state index is 12.0. The standard InChI is InChI=1S/C15H13N5O/c16-14-12-15(18-7-17-14)20(8-19-12)11-5-3-10(4-6-11)13(21)9-1-2-9/h3-9H,1-2H2,(H2,16,17,18). The van der Waals surface area contributed by atoms with Crippen molar-refractivity contribution >= 4 is 22.8 Å². The molecule has 1 aromatic carbocycles. The molecule has 0 spiro atoms. The van der Waals surface area contributed by atoms with Gasteiger partial charge in [0.15, 0.2) is 22.8 Å². The lowest BCUT2D eigenvalue weighted by molar-refractivity contribution is 0.0967. The number of benzene rings is 1. The second-order valence-electron chi connectivity index (χ2n) is 5.23. The van der Waals surface area contributed by atoms with Crippen LogP contribution in [0.2, 0.25) is 0 Å². The van der Waals surface area contributed by atoms with Crippen molar-refractivity contribution in [3.8, 4) is 5.69 Å². The van der Waals surface area contributed by atoms with E-state index in [-0.39, 0.29) is 11.7 Å². The summed E-state index contributed by atoms with van der Waals surface area (Å²) in [6.45, 7) is 0. The van der Waals surface area contributed by atoms with Gasteiger partial charge in [-0.25, -0.2) is 15.0 Å². The molecule has 1 saturated carbocycles. The van der Waals surface area contributed by atoms with E-state index in [4.69, 9.17) is 5.73 Å². The number of hydrogen-bond donors (Lipinski definition) is 1. The zero-order chi connectivity index (χ0) is 14.4. The van der Waals surface area contributed by atoms with Crippen LogP contribution in [0.3, 0.4) is 0 Å². The third-order valence-corrected chi connectivity index (χ3v) is 3.74. The first-order valence-corrected chi connectivity index (χ1v) is 6.82. The molecule has 1 aliphatic rings. The van der Waals surface area contributed by atoms with Crippen LogP contribution in [0.25, 0.3) is 16.9 Å². The van der Waals surface area contributed by atoms with Crippen LogP contribution in [-0.4, -0.2) is 25.3 Å². The molecule has 0 radical (unpaired) electrons. The van der Waals surface area contributed by atoms with Crippen LogP contribution in [0.4, 0.5) is 5.82 Å². The Hall–Kier alpha value is -2.76. The first-order chi connectivity index (χ1) is 10.2. The molecule has 21 heavy (non-hydrogen) atoms. The quantitative estimate of drug-likeness (QED) is 0.741. The van der Waals surface area contributed by atoms with Crippen LogP contribution >= 0.6 is 0 Å². The van der Waals surface area contributed by atoms with Crippen molar-refractivity contribution in [2.75, 3.05) is 5.73 Å². The fraction of sp³-hybridized carbons (Fsp3) is 0.200. The molecule has 0 amide bonds. The maximum Gasteiger partial charge on any atom is 0.170 e. The van der Waals surface area contributed by atoms with Gasteiger partial charge >= 0.3 is 0 Å². The first-order valence-electron chi connectivity index (χ1n) is 6.82. The van der Waals surface area contributed by atoms with Crippen LogP contribution in [0.15, 0.2) is 36.9 Å². The highest BCUT2D eigenvalue weighted by atomic mass is 16.1. The SMILES string of the molecule is Nc1ncnc2c1ncn2-c1ccc(C(=O)C2CC2)cc1. The molecule has 2 N–H and O–H groups in total. The van der Waals surface area contributed by atoms with E-state index in [1.165, 1.54) is 6.33 Å². The molecule has 2 heterocycles. The van der Waals surface area contributed by atoms with Gasteiger partial charge in [0.2, 0.25) is 0 Å². The van der Waals surface area contributed by atoms with Gasteiger partial charge in [0.05, 0.1) is 0 Å². The van der Waals surface area contributed by atoms with E-state index in [1.807, 2.05) is 28.8 Å². The Morgan fingerprint density at radius 3 is 2.62 bits per heavy atom. The molecule has 0 saturated heterocycles. The second-order valence-corrected chi connectivity index (χ2v) is 5.23. The van der Waals surface area contributed by atoms with Gasteiger partial charge in [0.25, 0.3) is 0 Å². The molecule has 0 aliphatic heterocycles. The number of rotatable bonds is 3. The lowest BCUT2D eigenvalue weighted by Gasteiger charge is -2.05. The van der Waals surface area contributed by atoms with Crippen LogP contribution in [0.5, 0.6) is 0 Å². The average molecular weight is 279 g/mol. The van der Waals surface area contributed by atoms with Gasteiger partial charge in [0.1, 0.15) is 12.7 Å². The number of imidazole rings is 1. The number of hydrogen-bond acceptors (Lipinski definition) is 5. The summed E-state index contributed by atoms with van der Waals surface area (Å²) < 4.78 is 1.83. The first kappa shape index (κ1) is 12.0. The summed E-state index contributed by atoms with van der Waals surface area (Å²) in [5, 5.41) is 0. The molecule has 0 bridgehead atoms. The molecule has 2 aromatic heterocycles. The van der Waals surface area contributed by atoms with E-state index >= 15 is 0 Å². The number of carbonyl (C=O) groups is 1. The van der Waals surface area contributed by atoms with E-state index in [9.17, 15) is 4.79 Å². The highest BCUT2D eigenvalue weighted by Gasteiger charge is 2.30. The number of nitrogens with zero attached hydrogens (tertiary/aromatic N) is 4. The lowest BCUT2D eigenvalue weighted by atomic mass is 10.1. The Balaban J connectivity index is 1.75. The van der Waals surface area contributed by atoms with Crippen molar-refractivity contribution in [2.24, 2.45) is 5.92 Å². The predicted molar refractivity (Wildman–Crippen MR) is 78.1 cm³/mol. The van der Waals surface area contributed by atoms with Crippen molar-refractivity contribution in [1.82, 2.24) is 19.5 Å². The predicted octanol–water partition coefficient (Wildman–Crippen LogP) is 1.99. The third kappa shape index (κ3) is 1.96. The van der Waals surface area contributed by atoms with Crippen molar-refractivity contribution in [3.63, 3.8) is 0 Å². The Morgan fingerprint density at radius 1 is 1.14 bits per heavy atom. The number of Topliss-reactive ketones (excluding diaryl/α,β-unsaturated/α-hetero) is 1. The largest absolute Gasteiger partial charge is 0.382 e. The number of nitrogens with two attached hydrogens (primary N) is 1. The molecule has 4 rings (SSSR count). The molecule has 1 fully saturated rings. The molecule has 1 aliphatic carbocycles. The third-order valence-electron chi connectivity index (χ3n) is 3.74. The Bertz CT molecular complexity index is 833. The van der Waals surface area contributed by atoms with Gasteiger partial charge < -0.3 is 5.73 Å². The fourth-order valence-corrected chi connectivity index (χ4v) is 2.41. The van der Waals surface area contributed by atoms with Crippen LogP contribution in [0, 0.1) is 5.92 Å². The highest BCUT2D eigenvalue weighted by Crippen LogP contribution is 2.32. The minimum Gasteiger partial charge on any atom is -0.382 e. The Labute approximate surface area is 120 Å². The molecule has 3 aromatic rings. The lowest BCUT2D eigenvalue weighted by Crippen LogP contribution is -2.02. The van der Waals surface area contributed by atoms with Gasteiger partial charge in [-0.2, -0.15) is 0 Å². The molecular weight excluding hydrogens is 266 g/mol. The van der Waals surface area contributed by atoms with Crippen molar-refractivity contribution in [1.29, 1.82) is 0 Å². The van der Waals surface area contributed by atoms with Crippen LogP contribution in [-0.2, 0) is 0 Å². The summed E-state index contributed by atoms with van der Waals surface area (Å²) in [4.78, 5) is 24.4. The summed E-state index contributed by atoms with van der Waals surface area (Å²) >= 11 is 0. The molecule has 6 heteroatoms. The summed E-state index contributed by atoms with van der Waals surface area (Å²) in [5.74, 6) is 0.834. The molecule has 0 unspecified atom stereocenters. The number of anilines is 1.